The van der Waals surface area contributed by atoms with E-state index in [2.05, 4.69) is 14.9 Å². The minimum Gasteiger partial charge on any atom is -0.381 e. The Kier molecular flexibility index (Phi) is 3.67. The van der Waals surface area contributed by atoms with Crippen molar-refractivity contribution in [2.24, 2.45) is 5.92 Å². The van der Waals surface area contributed by atoms with E-state index < -0.39 is 0 Å². The van der Waals surface area contributed by atoms with Gasteiger partial charge in [0.05, 0.1) is 12.5 Å². The number of hydrogen-bond donors (Lipinski definition) is 0. The predicted octanol–water partition coefficient (Wildman–Crippen LogP) is 1.38. The maximum absolute atomic E-state index is 12.4. The van der Waals surface area contributed by atoms with Gasteiger partial charge in [-0.15, -0.1) is 0 Å². The van der Waals surface area contributed by atoms with Gasteiger partial charge < -0.3 is 14.5 Å². The zero-order valence-electron chi connectivity index (χ0n) is 12.3. The first-order valence-corrected chi connectivity index (χ1v) is 8.46. The zero-order chi connectivity index (χ0) is 14.9. The molecule has 1 atom stereocenters. The van der Waals surface area contributed by atoms with E-state index in [-0.39, 0.29) is 11.8 Å². The van der Waals surface area contributed by atoms with Crippen LogP contribution in [0.2, 0.25) is 0 Å². The van der Waals surface area contributed by atoms with Crippen molar-refractivity contribution in [2.75, 3.05) is 44.3 Å². The lowest BCUT2D eigenvalue weighted by molar-refractivity contribution is -0.135. The lowest BCUT2D eigenvalue weighted by Crippen LogP contribution is -2.50. The zero-order valence-corrected chi connectivity index (χ0v) is 13.1. The molecule has 6 nitrogen and oxygen atoms in total. The molecule has 2 fully saturated rings. The number of nitrogens with zero attached hydrogens (tertiary/aromatic N) is 4. The number of amides is 1. The highest BCUT2D eigenvalue weighted by Gasteiger charge is 2.30. The van der Waals surface area contributed by atoms with Crippen LogP contribution in [-0.2, 0) is 9.53 Å². The lowest BCUT2D eigenvalue weighted by Gasteiger charge is -2.35. The molecule has 0 radical (unpaired) electrons. The van der Waals surface area contributed by atoms with Gasteiger partial charge in [-0.05, 0) is 18.6 Å². The summed E-state index contributed by atoms with van der Waals surface area (Å²) in [5.74, 6) is 0.321. The number of carbonyl (C=O) groups is 1. The number of thiazole rings is 1. The third-order valence-corrected chi connectivity index (χ3v) is 5.34. The van der Waals surface area contributed by atoms with Crippen molar-refractivity contribution in [3.63, 3.8) is 0 Å². The maximum atomic E-state index is 12.4. The summed E-state index contributed by atoms with van der Waals surface area (Å²) in [7, 11) is 0. The van der Waals surface area contributed by atoms with Crippen molar-refractivity contribution in [3.05, 3.63) is 18.3 Å². The van der Waals surface area contributed by atoms with Crippen molar-refractivity contribution in [1.29, 1.82) is 0 Å². The number of anilines is 1. The van der Waals surface area contributed by atoms with Gasteiger partial charge in [-0.3, -0.25) is 4.79 Å². The van der Waals surface area contributed by atoms with Gasteiger partial charge in [0, 0.05) is 39.0 Å². The van der Waals surface area contributed by atoms with E-state index in [1.54, 1.807) is 17.5 Å². The molecule has 0 bridgehead atoms. The standard InChI is InChI=1S/C15H18N4O2S/c20-14(11-3-9-21-10-11)18-5-7-19(8-6-18)15-17-12-2-1-4-16-13(12)22-15/h1-2,4,11H,3,5-10H2/t11-/m0/s1. The average Bonchev–Trinajstić information content (AvgIpc) is 3.23. The summed E-state index contributed by atoms with van der Waals surface area (Å²) in [5, 5.41) is 1.00. The first-order valence-electron chi connectivity index (χ1n) is 7.64. The monoisotopic (exact) mass is 318 g/mol. The summed E-state index contributed by atoms with van der Waals surface area (Å²) < 4.78 is 5.32. The van der Waals surface area contributed by atoms with Crippen LogP contribution in [0.4, 0.5) is 5.13 Å². The molecule has 2 aromatic heterocycles. The van der Waals surface area contributed by atoms with Gasteiger partial charge in [-0.2, -0.15) is 0 Å². The van der Waals surface area contributed by atoms with E-state index in [1.165, 1.54) is 0 Å². The largest absolute Gasteiger partial charge is 0.381 e. The Labute approximate surface area is 132 Å². The number of fused-ring (bicyclic) bond motifs is 1. The van der Waals surface area contributed by atoms with Crippen molar-refractivity contribution in [3.8, 4) is 0 Å². The van der Waals surface area contributed by atoms with Crippen LogP contribution < -0.4 is 4.90 Å². The van der Waals surface area contributed by atoms with Gasteiger partial charge >= 0.3 is 0 Å². The van der Waals surface area contributed by atoms with E-state index in [1.807, 2.05) is 17.0 Å². The lowest BCUT2D eigenvalue weighted by atomic mass is 10.1. The summed E-state index contributed by atoms with van der Waals surface area (Å²) in [5.41, 5.74) is 0.948. The molecule has 0 unspecified atom stereocenters. The maximum Gasteiger partial charge on any atom is 0.228 e. The van der Waals surface area contributed by atoms with Crippen LogP contribution in [0.3, 0.4) is 0 Å². The van der Waals surface area contributed by atoms with Gasteiger partial charge in [0.2, 0.25) is 5.91 Å². The van der Waals surface area contributed by atoms with E-state index >= 15 is 0 Å². The summed E-state index contributed by atoms with van der Waals surface area (Å²) in [6, 6.07) is 3.90. The molecule has 2 saturated heterocycles. The SMILES string of the molecule is O=C([C@H]1CCOC1)N1CCN(c2nc3cccnc3s2)CC1. The molecule has 2 aromatic rings. The first kappa shape index (κ1) is 13.9. The molecule has 116 valence electrons. The highest BCUT2D eigenvalue weighted by Crippen LogP contribution is 2.28. The number of rotatable bonds is 2. The fraction of sp³-hybridized carbons (Fsp3) is 0.533. The number of aromatic nitrogens is 2. The van der Waals surface area contributed by atoms with Crippen LogP contribution in [0.5, 0.6) is 0 Å². The summed E-state index contributed by atoms with van der Waals surface area (Å²) >= 11 is 1.62. The molecule has 4 rings (SSSR count). The average molecular weight is 318 g/mol. The fourth-order valence-corrected chi connectivity index (χ4v) is 3.96. The molecule has 1 amide bonds. The Hall–Kier alpha value is -1.73. The first-order chi connectivity index (χ1) is 10.8. The Morgan fingerprint density at radius 2 is 2.18 bits per heavy atom. The Balaban J connectivity index is 1.41. The number of pyridine rings is 1. The third kappa shape index (κ3) is 2.55. The normalized spacial score (nSPS) is 22.5. The predicted molar refractivity (Wildman–Crippen MR) is 85.1 cm³/mol. The van der Waals surface area contributed by atoms with Crippen LogP contribution >= 0.6 is 11.3 Å². The minimum absolute atomic E-state index is 0.0678. The second-order valence-corrected chi connectivity index (χ2v) is 6.65. The van der Waals surface area contributed by atoms with Gasteiger partial charge in [-0.25, -0.2) is 9.97 Å². The van der Waals surface area contributed by atoms with E-state index in [9.17, 15) is 4.79 Å². The van der Waals surface area contributed by atoms with Gasteiger partial charge in [0.25, 0.3) is 0 Å². The quantitative estimate of drug-likeness (QED) is 0.837. The summed E-state index contributed by atoms with van der Waals surface area (Å²) in [4.78, 5) is 26.6. The van der Waals surface area contributed by atoms with Crippen molar-refractivity contribution < 1.29 is 9.53 Å². The second-order valence-electron chi connectivity index (χ2n) is 5.70. The molecule has 2 aliphatic rings. The molecular formula is C15H18N4O2S. The Morgan fingerprint density at radius 1 is 1.32 bits per heavy atom. The molecule has 4 heterocycles. The van der Waals surface area contributed by atoms with E-state index in [0.29, 0.717) is 6.61 Å². The number of hydrogen-bond acceptors (Lipinski definition) is 6. The van der Waals surface area contributed by atoms with Crippen molar-refractivity contribution in [2.45, 2.75) is 6.42 Å². The van der Waals surface area contributed by atoms with Gasteiger partial charge in [0.15, 0.2) is 5.13 Å². The molecule has 0 aromatic carbocycles. The molecule has 2 aliphatic heterocycles. The van der Waals surface area contributed by atoms with E-state index in [4.69, 9.17) is 4.74 Å². The highest BCUT2D eigenvalue weighted by atomic mass is 32.1. The fourth-order valence-electron chi connectivity index (χ4n) is 3.00. The highest BCUT2D eigenvalue weighted by molar-refractivity contribution is 7.21. The third-order valence-electron chi connectivity index (χ3n) is 4.30. The number of ether oxygens (including phenoxy) is 1. The molecule has 0 N–H and O–H groups in total. The second kappa shape index (κ2) is 5.81. The smallest absolute Gasteiger partial charge is 0.228 e. The number of carbonyl (C=O) groups excluding carboxylic acids is 1. The molecule has 0 spiro atoms. The molecular weight excluding hydrogens is 300 g/mol. The minimum atomic E-state index is 0.0678. The Bertz CT molecular complexity index is 642. The van der Waals surface area contributed by atoms with Gasteiger partial charge in [0.1, 0.15) is 10.3 Å². The van der Waals surface area contributed by atoms with E-state index in [0.717, 1.165) is 54.7 Å². The van der Waals surface area contributed by atoms with Crippen molar-refractivity contribution >= 4 is 32.7 Å². The molecule has 0 aliphatic carbocycles. The van der Waals surface area contributed by atoms with Crippen LogP contribution in [0.1, 0.15) is 6.42 Å². The summed E-state index contributed by atoms with van der Waals surface area (Å²) in [6.07, 6.45) is 2.66. The van der Waals surface area contributed by atoms with Gasteiger partial charge in [-0.1, -0.05) is 11.3 Å². The van der Waals surface area contributed by atoms with Crippen LogP contribution in [0, 0.1) is 5.92 Å². The Morgan fingerprint density at radius 3 is 2.91 bits per heavy atom. The summed E-state index contributed by atoms with van der Waals surface area (Å²) in [6.45, 7) is 4.49. The number of piperazine rings is 1. The van der Waals surface area contributed by atoms with Crippen LogP contribution in [-0.4, -0.2) is 60.2 Å². The topological polar surface area (TPSA) is 58.6 Å². The molecule has 22 heavy (non-hydrogen) atoms. The van der Waals surface area contributed by atoms with Crippen LogP contribution in [0.15, 0.2) is 18.3 Å². The molecule has 7 heteroatoms. The van der Waals surface area contributed by atoms with Crippen LogP contribution in [0.25, 0.3) is 10.3 Å². The molecule has 0 saturated carbocycles. The van der Waals surface area contributed by atoms with Crippen molar-refractivity contribution in [1.82, 2.24) is 14.9 Å².